The lowest BCUT2D eigenvalue weighted by molar-refractivity contribution is 0.0956. The van der Waals surface area contributed by atoms with Crippen molar-refractivity contribution >= 4 is 47.7 Å². The number of hydrogen-bond acceptors (Lipinski definition) is 5. The second-order valence-corrected chi connectivity index (χ2v) is 8.13. The molecule has 1 heterocycles. The molecule has 0 atom stereocenters. The second-order valence-electron chi connectivity index (χ2n) is 5.66. The molecule has 1 aliphatic heterocycles. The van der Waals surface area contributed by atoms with Crippen LogP contribution < -0.4 is 10.6 Å². The van der Waals surface area contributed by atoms with Crippen molar-refractivity contribution in [1.29, 1.82) is 0 Å². The molecule has 138 valence electrons. The van der Waals surface area contributed by atoms with E-state index >= 15 is 0 Å². The van der Waals surface area contributed by atoms with Crippen LogP contribution in [0.1, 0.15) is 27.6 Å². The number of thioether (sulfide) groups is 1. The maximum absolute atomic E-state index is 12.5. The van der Waals surface area contributed by atoms with E-state index < -0.39 is 0 Å². The summed E-state index contributed by atoms with van der Waals surface area (Å²) in [5.41, 5.74) is 1.77. The second kappa shape index (κ2) is 8.92. The topological polar surface area (TPSA) is 70.6 Å². The average Bonchev–Trinajstić information content (AvgIpc) is 2.81. The number of nitrogens with one attached hydrogen (secondary N) is 2. The van der Waals surface area contributed by atoms with Gasteiger partial charge in [-0.25, -0.2) is 0 Å². The lowest BCUT2D eigenvalue weighted by Gasteiger charge is -2.10. The van der Waals surface area contributed by atoms with Crippen LogP contribution in [0.5, 0.6) is 0 Å². The first kappa shape index (κ1) is 19.3. The molecule has 0 saturated heterocycles. The quantitative estimate of drug-likeness (QED) is 0.708. The standard InChI is InChI=1S/C20H19N3O2S2/c1-3-26-14(11-21-2)12-22-19(24)13-8-9-18-16(10-13)23-20(25)15-6-4-5-7-17(15)27-18/h4-11H,2-3,12H2,1H3,(H,22,24)(H,23,25)/b14-11-. The Morgan fingerprint density at radius 3 is 2.89 bits per heavy atom. The van der Waals surface area contributed by atoms with E-state index in [-0.39, 0.29) is 11.8 Å². The van der Waals surface area contributed by atoms with Crippen molar-refractivity contribution in [2.45, 2.75) is 16.7 Å². The number of aliphatic imine (C=N–C) groups is 1. The summed E-state index contributed by atoms with van der Waals surface area (Å²) in [6.07, 6.45) is 1.65. The maximum Gasteiger partial charge on any atom is 0.256 e. The summed E-state index contributed by atoms with van der Waals surface area (Å²) >= 11 is 3.12. The van der Waals surface area contributed by atoms with Crippen molar-refractivity contribution in [2.75, 3.05) is 17.6 Å². The van der Waals surface area contributed by atoms with Gasteiger partial charge < -0.3 is 10.6 Å². The van der Waals surface area contributed by atoms with E-state index in [1.807, 2.05) is 31.2 Å². The van der Waals surface area contributed by atoms with E-state index in [0.717, 1.165) is 20.4 Å². The highest BCUT2D eigenvalue weighted by molar-refractivity contribution is 8.03. The summed E-state index contributed by atoms with van der Waals surface area (Å²) in [7, 11) is 0. The summed E-state index contributed by atoms with van der Waals surface area (Å²) in [6.45, 7) is 5.88. The zero-order valence-electron chi connectivity index (χ0n) is 14.8. The minimum absolute atomic E-state index is 0.170. The number of amides is 2. The predicted octanol–water partition coefficient (Wildman–Crippen LogP) is 4.43. The van der Waals surface area contributed by atoms with Gasteiger partial charge in [0.2, 0.25) is 0 Å². The van der Waals surface area contributed by atoms with Crippen LogP contribution >= 0.6 is 23.5 Å². The van der Waals surface area contributed by atoms with Gasteiger partial charge in [-0.1, -0.05) is 30.8 Å². The minimum Gasteiger partial charge on any atom is -0.347 e. The van der Waals surface area contributed by atoms with Gasteiger partial charge in [0, 0.05) is 26.5 Å². The molecular formula is C20H19N3O2S2. The third-order valence-corrected chi connectivity index (χ3v) is 5.89. The van der Waals surface area contributed by atoms with Gasteiger partial charge in [0.05, 0.1) is 17.8 Å². The first-order valence-corrected chi connectivity index (χ1v) is 10.2. The molecule has 0 unspecified atom stereocenters. The van der Waals surface area contributed by atoms with E-state index in [0.29, 0.717) is 23.4 Å². The van der Waals surface area contributed by atoms with E-state index in [9.17, 15) is 9.59 Å². The molecule has 0 bridgehead atoms. The molecule has 1 aliphatic rings. The lowest BCUT2D eigenvalue weighted by atomic mass is 10.1. The highest BCUT2D eigenvalue weighted by Crippen LogP contribution is 2.38. The largest absolute Gasteiger partial charge is 0.347 e. The Labute approximate surface area is 166 Å². The molecule has 7 heteroatoms. The zero-order chi connectivity index (χ0) is 19.2. The molecule has 2 N–H and O–H groups in total. The summed E-state index contributed by atoms with van der Waals surface area (Å²) in [5.74, 6) is 0.515. The zero-order valence-corrected chi connectivity index (χ0v) is 16.5. The number of nitrogens with zero attached hydrogens (tertiary/aromatic N) is 1. The third-order valence-electron chi connectivity index (χ3n) is 3.83. The van der Waals surface area contributed by atoms with Gasteiger partial charge in [-0.15, -0.1) is 11.8 Å². The average molecular weight is 398 g/mol. The van der Waals surface area contributed by atoms with Crippen molar-refractivity contribution in [1.82, 2.24) is 5.32 Å². The Balaban J connectivity index is 1.77. The van der Waals surface area contributed by atoms with E-state index in [1.165, 1.54) is 11.8 Å². The molecule has 3 rings (SSSR count). The van der Waals surface area contributed by atoms with Crippen LogP contribution in [-0.2, 0) is 0 Å². The highest BCUT2D eigenvalue weighted by atomic mass is 32.2. The number of benzene rings is 2. The number of anilines is 1. The predicted molar refractivity (Wildman–Crippen MR) is 113 cm³/mol. The highest BCUT2D eigenvalue weighted by Gasteiger charge is 2.20. The first-order valence-electron chi connectivity index (χ1n) is 8.40. The van der Waals surface area contributed by atoms with Crippen molar-refractivity contribution < 1.29 is 9.59 Å². The molecule has 0 spiro atoms. The molecule has 0 saturated carbocycles. The minimum atomic E-state index is -0.203. The van der Waals surface area contributed by atoms with Gasteiger partial charge in [-0.3, -0.25) is 14.6 Å². The van der Waals surface area contributed by atoms with Crippen molar-refractivity contribution in [3.05, 3.63) is 64.7 Å². The van der Waals surface area contributed by atoms with Crippen LogP contribution in [0.25, 0.3) is 0 Å². The van der Waals surface area contributed by atoms with Crippen LogP contribution in [0, 0.1) is 0 Å². The Kier molecular flexibility index (Phi) is 6.36. The van der Waals surface area contributed by atoms with Gasteiger partial charge in [0.1, 0.15) is 0 Å². The number of fused-ring (bicyclic) bond motifs is 2. The molecule has 0 fully saturated rings. The Morgan fingerprint density at radius 1 is 1.30 bits per heavy atom. The number of carbonyl (C=O) groups excluding carboxylic acids is 2. The van der Waals surface area contributed by atoms with Gasteiger partial charge in [-0.05, 0) is 42.8 Å². The molecule has 0 aliphatic carbocycles. The van der Waals surface area contributed by atoms with Crippen LogP contribution in [0.2, 0.25) is 0 Å². The Hall–Kier alpha value is -2.51. The van der Waals surface area contributed by atoms with E-state index in [4.69, 9.17) is 0 Å². The number of carbonyl (C=O) groups is 2. The molecule has 2 amide bonds. The molecule has 27 heavy (non-hydrogen) atoms. The van der Waals surface area contributed by atoms with Gasteiger partial charge >= 0.3 is 0 Å². The van der Waals surface area contributed by atoms with E-state index in [1.54, 1.807) is 36.2 Å². The van der Waals surface area contributed by atoms with E-state index in [2.05, 4.69) is 22.3 Å². The summed E-state index contributed by atoms with van der Waals surface area (Å²) in [5, 5.41) is 5.78. The molecular weight excluding hydrogens is 378 g/mol. The van der Waals surface area contributed by atoms with Gasteiger partial charge in [0.15, 0.2) is 0 Å². The molecule has 0 aromatic heterocycles. The summed E-state index contributed by atoms with van der Waals surface area (Å²) in [4.78, 5) is 31.5. The van der Waals surface area contributed by atoms with Crippen LogP contribution in [0.15, 0.2) is 68.4 Å². The first-order chi connectivity index (χ1) is 13.1. The third kappa shape index (κ3) is 4.61. The van der Waals surface area contributed by atoms with Crippen molar-refractivity contribution in [3.63, 3.8) is 0 Å². The molecule has 2 aromatic rings. The lowest BCUT2D eigenvalue weighted by Crippen LogP contribution is -2.25. The normalized spacial score (nSPS) is 13.1. The van der Waals surface area contributed by atoms with Gasteiger partial charge in [0.25, 0.3) is 11.8 Å². The number of rotatable bonds is 6. The smallest absolute Gasteiger partial charge is 0.256 e. The summed E-state index contributed by atoms with van der Waals surface area (Å²) in [6, 6.07) is 12.8. The Bertz CT molecular complexity index is 925. The monoisotopic (exact) mass is 397 g/mol. The molecule has 5 nitrogen and oxygen atoms in total. The summed E-state index contributed by atoms with van der Waals surface area (Å²) < 4.78 is 0. The van der Waals surface area contributed by atoms with Crippen LogP contribution in [-0.4, -0.2) is 30.8 Å². The molecule has 0 radical (unpaired) electrons. The fourth-order valence-corrected chi connectivity index (χ4v) is 4.30. The molecule has 2 aromatic carbocycles. The fraction of sp³-hybridized carbons (Fsp3) is 0.150. The van der Waals surface area contributed by atoms with Crippen molar-refractivity contribution in [3.8, 4) is 0 Å². The maximum atomic E-state index is 12.5. The van der Waals surface area contributed by atoms with Crippen molar-refractivity contribution in [2.24, 2.45) is 4.99 Å². The van der Waals surface area contributed by atoms with Gasteiger partial charge in [-0.2, -0.15) is 0 Å². The fourth-order valence-electron chi connectivity index (χ4n) is 2.60. The number of hydrogen-bond donors (Lipinski definition) is 2. The van der Waals surface area contributed by atoms with Crippen LogP contribution in [0.3, 0.4) is 0 Å². The van der Waals surface area contributed by atoms with Crippen LogP contribution in [0.4, 0.5) is 5.69 Å². The Morgan fingerprint density at radius 2 is 2.11 bits per heavy atom. The SMILES string of the molecule is C=N/C=C(/CNC(=O)c1ccc2c(c1)NC(=O)c1ccccc1S2)SCC.